The molecule has 8 heteroatoms. The number of hydrogen-bond acceptors (Lipinski definition) is 4. The molecule has 0 bridgehead atoms. The molecule has 174 valence electrons. The number of aliphatic hydroxyl groups is 1. The summed E-state index contributed by atoms with van der Waals surface area (Å²) in [5.74, 6) is 2.00. The fraction of sp³-hybridized carbons (Fsp3) is 0.652. The first-order valence-corrected chi connectivity index (χ1v) is 11.3. The van der Waals surface area contributed by atoms with Crippen molar-refractivity contribution in [2.45, 2.75) is 57.6 Å². The van der Waals surface area contributed by atoms with E-state index in [4.69, 9.17) is 4.74 Å². The zero-order valence-electron chi connectivity index (χ0n) is 18.7. The van der Waals surface area contributed by atoms with Crippen LogP contribution in [0.1, 0.15) is 57.1 Å². The highest BCUT2D eigenvalue weighted by Crippen LogP contribution is 2.26. The van der Waals surface area contributed by atoms with Crippen molar-refractivity contribution < 1.29 is 14.6 Å². The average Bonchev–Trinajstić information content (AvgIpc) is 3.26. The van der Waals surface area contributed by atoms with Gasteiger partial charge in [0, 0.05) is 31.6 Å². The van der Waals surface area contributed by atoms with Crippen LogP contribution in [0.3, 0.4) is 0 Å². The first-order valence-electron chi connectivity index (χ1n) is 11.3. The molecule has 2 fully saturated rings. The van der Waals surface area contributed by atoms with Crippen molar-refractivity contribution in [3.63, 3.8) is 0 Å². The highest BCUT2D eigenvalue weighted by molar-refractivity contribution is 14.0. The van der Waals surface area contributed by atoms with Gasteiger partial charge >= 0.3 is 0 Å². The summed E-state index contributed by atoms with van der Waals surface area (Å²) in [5.41, 5.74) is 0.806. The molecule has 3 rings (SSSR count). The van der Waals surface area contributed by atoms with Crippen molar-refractivity contribution in [3.05, 3.63) is 29.8 Å². The van der Waals surface area contributed by atoms with Gasteiger partial charge in [0.25, 0.3) is 0 Å². The third kappa shape index (κ3) is 7.52. The maximum Gasteiger partial charge on any atom is 0.225 e. The minimum absolute atomic E-state index is 0. The summed E-state index contributed by atoms with van der Waals surface area (Å²) in [4.78, 5) is 19.4. The van der Waals surface area contributed by atoms with E-state index in [9.17, 15) is 9.90 Å². The van der Waals surface area contributed by atoms with Crippen molar-refractivity contribution in [2.75, 3.05) is 33.3 Å². The molecule has 31 heavy (non-hydrogen) atoms. The van der Waals surface area contributed by atoms with Crippen LogP contribution in [0.15, 0.2) is 29.3 Å². The number of carbonyl (C=O) groups excluding carboxylic acids is 1. The van der Waals surface area contributed by atoms with E-state index < -0.39 is 6.10 Å². The number of guanidine groups is 1. The number of benzene rings is 1. The lowest BCUT2D eigenvalue weighted by molar-refractivity contribution is -0.135. The molecule has 1 aromatic carbocycles. The summed E-state index contributed by atoms with van der Waals surface area (Å²) in [6.07, 6.45) is 5.95. The quantitative estimate of drug-likeness (QED) is 0.279. The van der Waals surface area contributed by atoms with Crippen LogP contribution in [0.5, 0.6) is 5.75 Å². The zero-order valence-corrected chi connectivity index (χ0v) is 21.0. The number of halogens is 1. The molecule has 1 saturated carbocycles. The highest BCUT2D eigenvalue weighted by atomic mass is 127. The fourth-order valence-corrected chi connectivity index (χ4v) is 4.31. The van der Waals surface area contributed by atoms with Gasteiger partial charge in [-0.1, -0.05) is 31.4 Å². The Labute approximate surface area is 203 Å². The maximum absolute atomic E-state index is 12.8. The molecule has 1 aromatic rings. The van der Waals surface area contributed by atoms with E-state index in [-0.39, 0.29) is 42.5 Å². The van der Waals surface area contributed by atoms with Crippen LogP contribution in [0.4, 0.5) is 0 Å². The normalized spacial score (nSPS) is 20.7. The Hall–Kier alpha value is -1.55. The lowest BCUT2D eigenvalue weighted by Crippen LogP contribution is -2.45. The van der Waals surface area contributed by atoms with Crippen LogP contribution >= 0.6 is 24.0 Å². The van der Waals surface area contributed by atoms with E-state index in [2.05, 4.69) is 15.6 Å². The van der Waals surface area contributed by atoms with Gasteiger partial charge in [0.1, 0.15) is 5.75 Å². The Balaban J connectivity index is 0.00000341. The summed E-state index contributed by atoms with van der Waals surface area (Å²) in [7, 11) is 1.62. The molecule has 1 aliphatic heterocycles. The van der Waals surface area contributed by atoms with Gasteiger partial charge < -0.3 is 25.4 Å². The summed E-state index contributed by atoms with van der Waals surface area (Å²) in [5, 5.41) is 17.2. The van der Waals surface area contributed by atoms with E-state index in [1.54, 1.807) is 7.11 Å². The van der Waals surface area contributed by atoms with Gasteiger partial charge in [-0.3, -0.25) is 9.79 Å². The first kappa shape index (κ1) is 25.7. The number of amides is 1. The van der Waals surface area contributed by atoms with Crippen LogP contribution in [-0.4, -0.2) is 61.2 Å². The van der Waals surface area contributed by atoms with Crippen LogP contribution in [0.2, 0.25) is 0 Å². The Morgan fingerprint density at radius 1 is 1.23 bits per heavy atom. The first-order chi connectivity index (χ1) is 14.6. The molecule has 3 N–H and O–H groups in total. The van der Waals surface area contributed by atoms with E-state index in [1.165, 1.54) is 19.3 Å². The second-order valence-electron chi connectivity index (χ2n) is 8.26. The molecule has 0 spiro atoms. The number of ether oxygens (including phenoxy) is 1. The van der Waals surface area contributed by atoms with Crippen molar-refractivity contribution in [1.29, 1.82) is 0 Å². The third-order valence-corrected chi connectivity index (χ3v) is 6.06. The van der Waals surface area contributed by atoms with Crippen LogP contribution in [0.25, 0.3) is 0 Å². The van der Waals surface area contributed by atoms with Crippen LogP contribution in [-0.2, 0) is 4.79 Å². The van der Waals surface area contributed by atoms with Gasteiger partial charge in [-0.25, -0.2) is 0 Å². The summed E-state index contributed by atoms with van der Waals surface area (Å²) in [6.45, 7) is 4.55. The number of aliphatic imine (C=N–C) groups is 1. The predicted octanol–water partition coefficient (Wildman–Crippen LogP) is 3.08. The van der Waals surface area contributed by atoms with E-state index in [1.807, 2.05) is 36.1 Å². The summed E-state index contributed by atoms with van der Waals surface area (Å²) >= 11 is 0. The number of hydrogen-bond donors (Lipinski definition) is 3. The van der Waals surface area contributed by atoms with Gasteiger partial charge in [-0.2, -0.15) is 0 Å². The Kier molecular flexibility index (Phi) is 10.9. The van der Waals surface area contributed by atoms with Gasteiger partial charge in [0.2, 0.25) is 5.91 Å². The molecule has 0 radical (unpaired) electrons. The van der Waals surface area contributed by atoms with Crippen molar-refractivity contribution in [2.24, 2.45) is 10.9 Å². The van der Waals surface area contributed by atoms with E-state index in [0.29, 0.717) is 11.9 Å². The van der Waals surface area contributed by atoms with Gasteiger partial charge in [-0.05, 0) is 43.9 Å². The van der Waals surface area contributed by atoms with Gasteiger partial charge in [-0.15, -0.1) is 24.0 Å². The number of nitrogens with zero attached hydrogens (tertiary/aromatic N) is 2. The molecule has 7 nitrogen and oxygen atoms in total. The molecule has 1 saturated heterocycles. The standard InChI is InChI=1S/C23H36N4O3.HI/c1-3-24-23(25-15-21(28)17-9-11-20(30-2)12-10-17)26-19-13-14-27(16-19)22(29)18-7-5-4-6-8-18;/h9-12,18-19,21,28H,3-8,13-16H2,1-2H3,(H2,24,25,26);1H. The molecule has 2 atom stereocenters. The van der Waals surface area contributed by atoms with Gasteiger partial charge in [0.05, 0.1) is 19.8 Å². The highest BCUT2D eigenvalue weighted by Gasteiger charge is 2.31. The van der Waals surface area contributed by atoms with Crippen molar-refractivity contribution in [1.82, 2.24) is 15.5 Å². The second kappa shape index (κ2) is 13.1. The molecule has 1 amide bonds. The number of rotatable bonds is 7. The topological polar surface area (TPSA) is 86.2 Å². The van der Waals surface area contributed by atoms with Crippen LogP contribution < -0.4 is 15.4 Å². The smallest absolute Gasteiger partial charge is 0.225 e. The summed E-state index contributed by atoms with van der Waals surface area (Å²) < 4.78 is 5.16. The Bertz CT molecular complexity index is 707. The summed E-state index contributed by atoms with van der Waals surface area (Å²) in [6, 6.07) is 7.56. The Morgan fingerprint density at radius 3 is 2.58 bits per heavy atom. The van der Waals surface area contributed by atoms with Crippen LogP contribution in [0, 0.1) is 5.92 Å². The molecular weight excluding hydrogens is 507 g/mol. The predicted molar refractivity (Wildman–Crippen MR) is 134 cm³/mol. The lowest BCUT2D eigenvalue weighted by atomic mass is 9.88. The zero-order chi connectivity index (χ0) is 21.3. The molecule has 0 aromatic heterocycles. The number of methoxy groups -OCH3 is 1. The largest absolute Gasteiger partial charge is 0.497 e. The number of likely N-dealkylation sites (tertiary alicyclic amines) is 1. The Morgan fingerprint density at radius 2 is 1.94 bits per heavy atom. The third-order valence-electron chi connectivity index (χ3n) is 6.06. The molecule has 1 heterocycles. The minimum Gasteiger partial charge on any atom is -0.497 e. The molecular formula is C23H37IN4O3. The monoisotopic (exact) mass is 544 g/mol. The van der Waals surface area contributed by atoms with Crippen molar-refractivity contribution in [3.8, 4) is 5.75 Å². The maximum atomic E-state index is 12.8. The SMILES string of the molecule is CCNC(=NCC(O)c1ccc(OC)cc1)NC1CCN(C(=O)C2CCCCC2)C1.I. The second-order valence-corrected chi connectivity index (χ2v) is 8.26. The average molecular weight is 544 g/mol. The molecule has 2 aliphatic rings. The number of nitrogens with one attached hydrogen (secondary N) is 2. The lowest BCUT2D eigenvalue weighted by Gasteiger charge is -2.26. The fourth-order valence-electron chi connectivity index (χ4n) is 4.31. The minimum atomic E-state index is -0.681. The molecule has 1 aliphatic carbocycles. The van der Waals surface area contributed by atoms with E-state index >= 15 is 0 Å². The van der Waals surface area contributed by atoms with Gasteiger partial charge in [0.15, 0.2) is 5.96 Å². The molecule has 2 unspecified atom stereocenters. The number of aliphatic hydroxyl groups excluding tert-OH is 1. The van der Waals surface area contributed by atoms with Crippen molar-refractivity contribution >= 4 is 35.8 Å². The van der Waals surface area contributed by atoms with E-state index in [0.717, 1.165) is 50.2 Å². The number of carbonyl (C=O) groups is 1.